The van der Waals surface area contributed by atoms with Crippen LogP contribution in [0.25, 0.3) is 0 Å². The van der Waals surface area contributed by atoms with Gasteiger partial charge in [-0.3, -0.25) is 9.59 Å². The summed E-state index contributed by atoms with van der Waals surface area (Å²) >= 11 is 0. The lowest BCUT2D eigenvalue weighted by molar-refractivity contribution is -0.127. The molecule has 0 aromatic carbocycles. The number of carbonyl (C=O) groups excluding carboxylic acids is 2. The van der Waals surface area contributed by atoms with Crippen molar-refractivity contribution in [2.24, 2.45) is 11.7 Å². The highest BCUT2D eigenvalue weighted by atomic mass is 16.3. The van der Waals surface area contributed by atoms with Crippen molar-refractivity contribution >= 4 is 11.8 Å². The smallest absolute Gasteiger partial charge is 0.239 e. The van der Waals surface area contributed by atoms with Crippen molar-refractivity contribution in [1.82, 2.24) is 10.6 Å². The highest BCUT2D eigenvalue weighted by Gasteiger charge is 2.17. The minimum Gasteiger partial charge on any atom is -0.393 e. The SMILES string of the molecule is CCC(O)CCNC(=O)CNC(=O)[C@@H](N)C(C)C. The van der Waals surface area contributed by atoms with Gasteiger partial charge in [0.05, 0.1) is 18.7 Å². The summed E-state index contributed by atoms with van der Waals surface area (Å²) < 4.78 is 0. The van der Waals surface area contributed by atoms with Crippen molar-refractivity contribution in [2.45, 2.75) is 45.8 Å². The number of carbonyl (C=O) groups is 2. The topological polar surface area (TPSA) is 104 Å². The molecule has 0 aliphatic heterocycles. The lowest BCUT2D eigenvalue weighted by atomic mass is 10.1. The predicted molar refractivity (Wildman–Crippen MR) is 69.7 cm³/mol. The molecule has 0 bridgehead atoms. The monoisotopic (exact) mass is 259 g/mol. The molecule has 0 aliphatic rings. The molecule has 6 nitrogen and oxygen atoms in total. The Morgan fingerprint density at radius 2 is 1.89 bits per heavy atom. The summed E-state index contributed by atoms with van der Waals surface area (Å²) in [6, 6.07) is -0.597. The number of aliphatic hydroxyl groups is 1. The lowest BCUT2D eigenvalue weighted by Gasteiger charge is -2.15. The maximum absolute atomic E-state index is 11.5. The second kappa shape index (κ2) is 8.88. The van der Waals surface area contributed by atoms with Gasteiger partial charge >= 0.3 is 0 Å². The summed E-state index contributed by atoms with van der Waals surface area (Å²) in [5.74, 6) is -0.566. The van der Waals surface area contributed by atoms with Gasteiger partial charge in [0.1, 0.15) is 0 Å². The van der Waals surface area contributed by atoms with Crippen molar-refractivity contribution < 1.29 is 14.7 Å². The third-order valence-corrected chi connectivity index (χ3v) is 2.72. The summed E-state index contributed by atoms with van der Waals surface area (Å²) in [4.78, 5) is 22.8. The summed E-state index contributed by atoms with van der Waals surface area (Å²) in [7, 11) is 0. The zero-order chi connectivity index (χ0) is 14.1. The van der Waals surface area contributed by atoms with Crippen LogP contribution in [0.4, 0.5) is 0 Å². The summed E-state index contributed by atoms with van der Waals surface area (Å²) in [6.45, 7) is 5.88. The fourth-order valence-corrected chi connectivity index (χ4v) is 1.23. The maximum Gasteiger partial charge on any atom is 0.239 e. The van der Waals surface area contributed by atoms with Gasteiger partial charge in [0, 0.05) is 6.54 Å². The molecule has 106 valence electrons. The number of aliphatic hydroxyl groups excluding tert-OH is 1. The minimum absolute atomic E-state index is 0.0350. The molecule has 2 atom stereocenters. The molecular formula is C12H25N3O3. The fourth-order valence-electron chi connectivity index (χ4n) is 1.23. The van der Waals surface area contributed by atoms with Gasteiger partial charge < -0.3 is 21.5 Å². The van der Waals surface area contributed by atoms with E-state index < -0.39 is 12.1 Å². The first-order valence-electron chi connectivity index (χ1n) is 6.36. The molecule has 18 heavy (non-hydrogen) atoms. The molecule has 0 spiro atoms. The van der Waals surface area contributed by atoms with Crippen LogP contribution in [0.15, 0.2) is 0 Å². The molecule has 1 unspecified atom stereocenters. The predicted octanol–water partition coefficient (Wildman–Crippen LogP) is -0.637. The Hall–Kier alpha value is -1.14. The van der Waals surface area contributed by atoms with Gasteiger partial charge in [0.2, 0.25) is 11.8 Å². The highest BCUT2D eigenvalue weighted by molar-refractivity contribution is 5.87. The number of hydrogen-bond acceptors (Lipinski definition) is 4. The number of nitrogens with two attached hydrogens (primary N) is 1. The third-order valence-electron chi connectivity index (χ3n) is 2.72. The van der Waals surface area contributed by atoms with Crippen LogP contribution in [0.5, 0.6) is 0 Å². The molecule has 0 saturated carbocycles. The van der Waals surface area contributed by atoms with Crippen molar-refractivity contribution in [1.29, 1.82) is 0 Å². The molecule has 0 aromatic heterocycles. The zero-order valence-corrected chi connectivity index (χ0v) is 11.4. The van der Waals surface area contributed by atoms with Crippen LogP contribution in [-0.4, -0.2) is 42.2 Å². The average Bonchev–Trinajstić information content (AvgIpc) is 2.34. The van der Waals surface area contributed by atoms with E-state index in [1.54, 1.807) is 0 Å². The Labute approximate surface area is 108 Å². The number of nitrogens with one attached hydrogen (secondary N) is 2. The molecule has 6 heteroatoms. The van der Waals surface area contributed by atoms with E-state index in [-0.39, 0.29) is 24.3 Å². The lowest BCUT2D eigenvalue weighted by Crippen LogP contribution is -2.47. The van der Waals surface area contributed by atoms with E-state index >= 15 is 0 Å². The molecule has 0 saturated heterocycles. The van der Waals surface area contributed by atoms with Crippen molar-refractivity contribution in [3.8, 4) is 0 Å². The maximum atomic E-state index is 11.5. The molecule has 0 radical (unpaired) electrons. The van der Waals surface area contributed by atoms with Crippen LogP contribution in [0.3, 0.4) is 0 Å². The van der Waals surface area contributed by atoms with E-state index in [2.05, 4.69) is 10.6 Å². The molecule has 0 aromatic rings. The Morgan fingerprint density at radius 3 is 2.39 bits per heavy atom. The largest absolute Gasteiger partial charge is 0.393 e. The van der Waals surface area contributed by atoms with Gasteiger partial charge in [-0.15, -0.1) is 0 Å². The van der Waals surface area contributed by atoms with Gasteiger partial charge in [0.25, 0.3) is 0 Å². The zero-order valence-electron chi connectivity index (χ0n) is 11.4. The number of hydrogen-bond donors (Lipinski definition) is 4. The second-order valence-corrected chi connectivity index (χ2v) is 4.69. The van der Waals surface area contributed by atoms with E-state index in [4.69, 9.17) is 5.73 Å². The molecule has 0 rings (SSSR count). The van der Waals surface area contributed by atoms with Crippen LogP contribution in [0, 0.1) is 5.92 Å². The van der Waals surface area contributed by atoms with E-state index in [9.17, 15) is 14.7 Å². The Morgan fingerprint density at radius 1 is 1.28 bits per heavy atom. The van der Waals surface area contributed by atoms with Crippen LogP contribution < -0.4 is 16.4 Å². The van der Waals surface area contributed by atoms with Crippen LogP contribution in [-0.2, 0) is 9.59 Å². The molecule has 0 heterocycles. The molecule has 0 aliphatic carbocycles. The van der Waals surface area contributed by atoms with Gasteiger partial charge in [-0.1, -0.05) is 20.8 Å². The normalized spacial score (nSPS) is 14.1. The first-order chi connectivity index (χ1) is 8.38. The van der Waals surface area contributed by atoms with Gasteiger partial charge in [-0.05, 0) is 18.8 Å². The summed E-state index contributed by atoms with van der Waals surface area (Å²) in [5, 5.41) is 14.4. The van der Waals surface area contributed by atoms with Crippen LogP contribution in [0.2, 0.25) is 0 Å². The Kier molecular flexibility index (Phi) is 8.32. The quantitative estimate of drug-likeness (QED) is 0.465. The molecular weight excluding hydrogens is 234 g/mol. The Bertz CT molecular complexity index is 269. The molecule has 2 amide bonds. The van der Waals surface area contributed by atoms with E-state index in [1.807, 2.05) is 20.8 Å². The minimum atomic E-state index is -0.597. The van der Waals surface area contributed by atoms with E-state index in [0.29, 0.717) is 19.4 Å². The molecule has 0 fully saturated rings. The first kappa shape index (κ1) is 16.9. The van der Waals surface area contributed by atoms with Gasteiger partial charge in [-0.25, -0.2) is 0 Å². The van der Waals surface area contributed by atoms with Crippen molar-refractivity contribution in [3.05, 3.63) is 0 Å². The van der Waals surface area contributed by atoms with Gasteiger partial charge in [-0.2, -0.15) is 0 Å². The molecule has 5 N–H and O–H groups in total. The van der Waals surface area contributed by atoms with Crippen LogP contribution >= 0.6 is 0 Å². The van der Waals surface area contributed by atoms with Gasteiger partial charge in [0.15, 0.2) is 0 Å². The summed E-state index contributed by atoms with van der Waals surface area (Å²) in [5.41, 5.74) is 5.63. The average molecular weight is 259 g/mol. The highest BCUT2D eigenvalue weighted by Crippen LogP contribution is 1.97. The second-order valence-electron chi connectivity index (χ2n) is 4.69. The van der Waals surface area contributed by atoms with Crippen molar-refractivity contribution in [2.75, 3.05) is 13.1 Å². The van der Waals surface area contributed by atoms with Crippen LogP contribution in [0.1, 0.15) is 33.6 Å². The first-order valence-corrected chi connectivity index (χ1v) is 6.36. The van der Waals surface area contributed by atoms with E-state index in [0.717, 1.165) is 0 Å². The van der Waals surface area contributed by atoms with E-state index in [1.165, 1.54) is 0 Å². The third kappa shape index (κ3) is 7.24. The number of rotatable bonds is 8. The fraction of sp³-hybridized carbons (Fsp3) is 0.833. The standard InChI is InChI=1S/C12H25N3O3/c1-4-9(16)5-6-14-10(17)7-15-12(18)11(13)8(2)3/h8-9,11,16H,4-7,13H2,1-3H3,(H,14,17)(H,15,18)/t9?,11-/m0/s1. The van der Waals surface area contributed by atoms with Crippen molar-refractivity contribution in [3.63, 3.8) is 0 Å². The summed E-state index contributed by atoms with van der Waals surface area (Å²) in [6.07, 6.45) is 0.784. The number of amides is 2. The Balaban J connectivity index is 3.74.